The van der Waals surface area contributed by atoms with Crippen molar-refractivity contribution in [1.29, 1.82) is 0 Å². The molecule has 0 spiro atoms. The topological polar surface area (TPSA) is 58.9 Å². The van der Waals surface area contributed by atoms with Crippen molar-refractivity contribution in [2.45, 2.75) is 205 Å². The number of rotatable bonds is 31. The molecule has 352 valence electrons. The van der Waals surface area contributed by atoms with Crippen molar-refractivity contribution < 1.29 is 27.9 Å². The fraction of sp³-hybridized carbons (Fsp3) is 0.559. The molecule has 0 atom stereocenters. The van der Waals surface area contributed by atoms with E-state index in [0.29, 0.717) is 0 Å². The van der Waals surface area contributed by atoms with Gasteiger partial charge in [-0.1, -0.05) is 116 Å². The van der Waals surface area contributed by atoms with Crippen LogP contribution in [0.25, 0.3) is 0 Å². The van der Waals surface area contributed by atoms with Gasteiger partial charge >= 0.3 is 0 Å². The lowest BCUT2D eigenvalue weighted by molar-refractivity contribution is 0.314. The monoisotopic (exact) mass is 871 g/mol. The molecule has 0 aliphatic rings. The van der Waals surface area contributed by atoms with E-state index in [-0.39, 0.29) is 17.5 Å². The summed E-state index contributed by atoms with van der Waals surface area (Å²) in [7, 11) is -6.02. The van der Waals surface area contributed by atoms with E-state index in [2.05, 4.69) is 124 Å². The van der Waals surface area contributed by atoms with Crippen molar-refractivity contribution in [3.05, 3.63) is 128 Å². The number of phenols is 2. The minimum atomic E-state index is -3.01. The third-order valence-electron chi connectivity index (χ3n) is 11.9. The smallest absolute Gasteiger partial charge is 0.207 e. The van der Waals surface area contributed by atoms with Crippen LogP contribution in [-0.2, 0) is 6.42 Å². The van der Waals surface area contributed by atoms with E-state index >= 15 is 0 Å². The quantitative estimate of drug-likeness (QED) is 0.0576. The molecule has 0 aliphatic heterocycles. The summed E-state index contributed by atoms with van der Waals surface area (Å²) in [6.07, 6.45) is 42.9. The van der Waals surface area contributed by atoms with E-state index < -0.39 is 37.1 Å². The molecule has 1 aromatic rings. The Kier molecular flexibility index (Phi) is 24.8. The van der Waals surface area contributed by atoms with Crippen molar-refractivity contribution in [1.82, 2.24) is 0 Å². The van der Waals surface area contributed by atoms with Crippen molar-refractivity contribution in [3.63, 3.8) is 0 Å². The highest BCUT2D eigenvalue weighted by molar-refractivity contribution is 5.66. The van der Waals surface area contributed by atoms with Gasteiger partial charge in [-0.2, -0.15) is 0 Å². The maximum Gasteiger partial charge on any atom is 0.207 e. The molecule has 0 radical (unpaired) electrons. The van der Waals surface area contributed by atoms with E-state index in [1.54, 1.807) is 0 Å². The molecule has 4 nitrogen and oxygen atoms in total. The summed E-state index contributed by atoms with van der Waals surface area (Å²) in [4.78, 5) is 0. The largest absolute Gasteiger partial charge is 0.504 e. The average Bonchev–Trinajstić information content (AvgIpc) is 3.23. The van der Waals surface area contributed by atoms with Crippen LogP contribution in [0.3, 0.4) is 0 Å². The molecule has 0 saturated heterocycles. The van der Waals surface area contributed by atoms with Crippen LogP contribution in [0.1, 0.15) is 211 Å². The van der Waals surface area contributed by atoms with Crippen molar-refractivity contribution in [3.8, 4) is 23.0 Å². The molecule has 0 aliphatic carbocycles. The fourth-order valence-electron chi connectivity index (χ4n) is 7.44. The molecule has 63 heavy (non-hydrogen) atoms. The second-order valence-electron chi connectivity index (χ2n) is 18.5. The Morgan fingerprint density at radius 3 is 0.873 bits per heavy atom. The lowest BCUT2D eigenvalue weighted by Crippen LogP contribution is -1.98. The second kappa shape index (κ2) is 33.3. The fourth-order valence-corrected chi connectivity index (χ4v) is 7.44. The molecule has 2 N–H and O–H groups in total. The molecule has 0 heterocycles. The number of methoxy groups -OCH3 is 2. The van der Waals surface area contributed by atoms with Gasteiger partial charge in [-0.25, -0.2) is 0 Å². The number of ether oxygens (including phenoxy) is 2. The molecule has 4 heteroatoms. The Bertz CT molecular complexity index is 2060. The third-order valence-corrected chi connectivity index (χ3v) is 11.9. The van der Waals surface area contributed by atoms with Crippen molar-refractivity contribution in [2.75, 3.05) is 14.1 Å². The van der Waals surface area contributed by atoms with Gasteiger partial charge < -0.3 is 19.7 Å². The molecule has 1 rings (SSSR count). The van der Waals surface area contributed by atoms with E-state index in [9.17, 15) is 10.2 Å². The SMILES string of the molecule is [2H]C([2H])([2H])Oc1c(O)c(C)c(C/C=C(\C)CC/C=C(\C)CC/C=C(\C)CC/C=C(\C)CC/C=C(\C)CC/C=C(\C)CC/C=C(\C)CC/C=C(\C)CC/C=C(\C)CCC=C(C)C)c(O)c1OC([2H])([2H])[2H]. The molecule has 0 aromatic heterocycles. The van der Waals surface area contributed by atoms with Crippen molar-refractivity contribution in [2.24, 2.45) is 0 Å². The van der Waals surface area contributed by atoms with Gasteiger partial charge in [-0.05, 0) is 205 Å². The molecule has 0 fully saturated rings. The van der Waals surface area contributed by atoms with Crippen LogP contribution in [0.15, 0.2) is 116 Å². The Balaban J connectivity index is 2.43. The van der Waals surface area contributed by atoms with Crippen LogP contribution in [0.2, 0.25) is 0 Å². The number of hydrogen-bond donors (Lipinski definition) is 2. The zero-order valence-electron chi connectivity index (χ0n) is 47.9. The first kappa shape index (κ1) is 46.8. The standard InChI is InChI=1S/C59H92O4/c1-44(2)24-15-25-45(3)26-16-27-46(4)28-17-29-47(5)30-18-31-48(6)32-19-33-49(7)34-20-35-50(8)36-21-37-51(9)38-22-39-52(10)40-23-41-53(11)42-43-55-54(12)56(60)58(62-13)59(63-14)57(55)61/h24,26,28,30,32,34,36,38,40,42,60-61H,15-23,25,27,29,31,33,35,37,39,41,43H2,1-14H3/b45-26+,46-28+,47-30+,48-32+,49-34+,50-36+,51-38+,52-40+,53-42+/i13D3,14D3. The minimum Gasteiger partial charge on any atom is -0.504 e. The maximum atomic E-state index is 10.9. The first-order valence-electron chi connectivity index (χ1n) is 26.8. The number of benzene rings is 1. The summed E-state index contributed by atoms with van der Waals surface area (Å²) >= 11 is 0. The molecular formula is C59H92O4. The van der Waals surface area contributed by atoms with Gasteiger partial charge in [0, 0.05) is 11.1 Å². The zero-order chi connectivity index (χ0) is 52.2. The zero-order valence-corrected chi connectivity index (χ0v) is 41.9. The Morgan fingerprint density at radius 2 is 0.619 bits per heavy atom. The molecule has 1 aromatic carbocycles. The molecule has 0 bridgehead atoms. The van der Waals surface area contributed by atoms with Crippen molar-refractivity contribution >= 4 is 0 Å². The van der Waals surface area contributed by atoms with Crippen LogP contribution in [0.5, 0.6) is 23.0 Å². The summed E-state index contributed by atoms with van der Waals surface area (Å²) in [5.74, 6) is -2.64. The van der Waals surface area contributed by atoms with Crippen LogP contribution in [-0.4, -0.2) is 24.3 Å². The van der Waals surface area contributed by atoms with Gasteiger partial charge in [-0.3, -0.25) is 0 Å². The van der Waals surface area contributed by atoms with Crippen LogP contribution in [0, 0.1) is 6.92 Å². The maximum absolute atomic E-state index is 10.9. The van der Waals surface area contributed by atoms with Gasteiger partial charge in [-0.15, -0.1) is 0 Å². The Hall–Kier alpha value is -4.18. The van der Waals surface area contributed by atoms with E-state index in [1.807, 2.05) is 13.0 Å². The van der Waals surface area contributed by atoms with Crippen LogP contribution >= 0.6 is 0 Å². The summed E-state index contributed by atoms with van der Waals surface area (Å²) in [5, 5.41) is 21.7. The number of phenolic OH excluding ortho intramolecular Hbond substituents is 2. The van der Waals surface area contributed by atoms with Gasteiger partial charge in [0.25, 0.3) is 0 Å². The first-order valence-corrected chi connectivity index (χ1v) is 23.8. The number of allylic oxidation sites excluding steroid dienone is 20. The lowest BCUT2D eigenvalue weighted by atomic mass is 9.99. The second-order valence-corrected chi connectivity index (χ2v) is 18.5. The van der Waals surface area contributed by atoms with Crippen LogP contribution in [0.4, 0.5) is 0 Å². The van der Waals surface area contributed by atoms with Gasteiger partial charge in [0.15, 0.2) is 11.5 Å². The molecular weight excluding hydrogens is 773 g/mol. The number of aromatic hydroxyl groups is 2. The van der Waals surface area contributed by atoms with E-state index in [0.717, 1.165) is 115 Å². The Morgan fingerprint density at radius 1 is 0.381 bits per heavy atom. The number of hydrogen-bond acceptors (Lipinski definition) is 4. The minimum absolute atomic E-state index is 0.174. The summed E-state index contributed by atoms with van der Waals surface area (Å²) in [6, 6.07) is 0. The van der Waals surface area contributed by atoms with Crippen LogP contribution < -0.4 is 9.47 Å². The molecule has 0 unspecified atom stereocenters. The van der Waals surface area contributed by atoms with E-state index in [4.69, 9.17) is 17.7 Å². The summed E-state index contributed by atoms with van der Waals surface area (Å²) in [6.45, 7) is 25.8. The summed E-state index contributed by atoms with van der Waals surface area (Å²) in [5.41, 5.74) is 14.6. The third kappa shape index (κ3) is 26.3. The summed E-state index contributed by atoms with van der Waals surface area (Å²) < 4.78 is 54.3. The highest BCUT2D eigenvalue weighted by atomic mass is 16.5. The predicted octanol–water partition coefficient (Wildman–Crippen LogP) is 18.5. The predicted molar refractivity (Wildman–Crippen MR) is 278 cm³/mol. The van der Waals surface area contributed by atoms with Gasteiger partial charge in [0.1, 0.15) is 0 Å². The molecule has 0 saturated carbocycles. The first-order chi connectivity index (χ1) is 32.3. The lowest BCUT2D eigenvalue weighted by Gasteiger charge is -2.17. The van der Waals surface area contributed by atoms with E-state index in [1.165, 1.54) is 63.5 Å². The highest BCUT2D eigenvalue weighted by Gasteiger charge is 2.22. The average molecular weight is 871 g/mol. The normalized spacial score (nSPS) is 16.0. The van der Waals surface area contributed by atoms with Gasteiger partial charge in [0.05, 0.1) is 22.3 Å². The Labute approximate surface area is 396 Å². The highest BCUT2D eigenvalue weighted by Crippen LogP contribution is 2.48. The molecule has 0 amide bonds. The van der Waals surface area contributed by atoms with Gasteiger partial charge in [0.2, 0.25) is 11.5 Å².